The Morgan fingerprint density at radius 1 is 0.457 bits per heavy atom. The Labute approximate surface area is 260 Å². The standard InChI is InChI=1S/C40H20N6/c41-19-29-31(45-33-14-5-11-26-24-9-3-4-10-25(24)30-20-42-21-34(45)36(30)35(26)33)12-6-13-32(29)46-39-37-27(15-17-43-39)22-7-1-2-8-23(22)28-16-18-44-40(46)38(28)37/h1-18,20-21H. The zero-order valence-corrected chi connectivity index (χ0v) is 24.2. The Morgan fingerprint density at radius 3 is 1.61 bits per heavy atom. The van der Waals surface area contributed by atoms with Crippen LogP contribution in [0.5, 0.6) is 0 Å². The minimum atomic E-state index is 0.545. The van der Waals surface area contributed by atoms with Crippen molar-refractivity contribution in [3.63, 3.8) is 0 Å². The number of aromatic nitrogens is 5. The molecule has 0 radical (unpaired) electrons. The first-order valence-electron chi connectivity index (χ1n) is 15.3. The van der Waals surface area contributed by atoms with Crippen LogP contribution in [-0.4, -0.2) is 24.1 Å². The molecule has 0 saturated heterocycles. The first-order chi connectivity index (χ1) is 22.8. The van der Waals surface area contributed by atoms with E-state index in [-0.39, 0.29) is 0 Å². The van der Waals surface area contributed by atoms with Crippen molar-refractivity contribution < 1.29 is 0 Å². The topological polar surface area (TPSA) is 72.3 Å². The molecular formula is C40H20N6. The van der Waals surface area contributed by atoms with E-state index in [1.54, 1.807) is 0 Å². The molecule has 210 valence electrons. The van der Waals surface area contributed by atoms with Gasteiger partial charge in [-0.1, -0.05) is 66.7 Å². The van der Waals surface area contributed by atoms with Gasteiger partial charge in [0.2, 0.25) is 0 Å². The van der Waals surface area contributed by atoms with Gasteiger partial charge in [0.1, 0.15) is 22.9 Å². The Balaban J connectivity index is 1.30. The second-order valence-electron chi connectivity index (χ2n) is 11.9. The smallest absolute Gasteiger partial charge is 0.147 e. The van der Waals surface area contributed by atoms with Crippen molar-refractivity contribution in [3.8, 4) is 17.4 Å². The van der Waals surface area contributed by atoms with Crippen LogP contribution in [0.2, 0.25) is 0 Å². The highest BCUT2D eigenvalue weighted by atomic mass is 15.1. The highest BCUT2D eigenvalue weighted by Crippen LogP contribution is 2.45. The molecule has 0 spiro atoms. The number of fused-ring (bicyclic) bond motifs is 6. The third kappa shape index (κ3) is 2.71. The molecule has 46 heavy (non-hydrogen) atoms. The third-order valence-electron chi connectivity index (χ3n) is 9.86. The van der Waals surface area contributed by atoms with Gasteiger partial charge in [0.15, 0.2) is 0 Å². The summed E-state index contributed by atoms with van der Waals surface area (Å²) in [5, 5.41) is 24.7. The van der Waals surface area contributed by atoms with Gasteiger partial charge in [-0.2, -0.15) is 5.26 Å². The van der Waals surface area contributed by atoms with E-state index in [9.17, 15) is 5.26 Å². The molecule has 6 heteroatoms. The number of hydrogen-bond donors (Lipinski definition) is 0. The van der Waals surface area contributed by atoms with Crippen LogP contribution in [-0.2, 0) is 0 Å². The predicted molar refractivity (Wildman–Crippen MR) is 186 cm³/mol. The summed E-state index contributed by atoms with van der Waals surface area (Å²) in [6.45, 7) is 0. The summed E-state index contributed by atoms with van der Waals surface area (Å²) < 4.78 is 4.28. The maximum atomic E-state index is 11.0. The van der Waals surface area contributed by atoms with E-state index in [1.807, 2.05) is 43.0 Å². The molecule has 0 aliphatic carbocycles. The Kier molecular flexibility index (Phi) is 4.31. The van der Waals surface area contributed by atoms with E-state index in [0.29, 0.717) is 5.56 Å². The van der Waals surface area contributed by atoms with Gasteiger partial charge >= 0.3 is 0 Å². The molecule has 0 saturated carbocycles. The summed E-state index contributed by atoms with van der Waals surface area (Å²) in [5.41, 5.74) is 5.68. The van der Waals surface area contributed by atoms with Crippen LogP contribution in [0.4, 0.5) is 0 Å². The summed E-state index contributed by atoms with van der Waals surface area (Å²) >= 11 is 0. The number of nitriles is 1. The monoisotopic (exact) mass is 584 g/mol. The second-order valence-corrected chi connectivity index (χ2v) is 11.9. The van der Waals surface area contributed by atoms with Gasteiger partial charge < -0.3 is 4.57 Å². The quantitative estimate of drug-likeness (QED) is 0.190. The fraction of sp³-hybridized carbons (Fsp3) is 0. The van der Waals surface area contributed by atoms with Crippen molar-refractivity contribution in [2.45, 2.75) is 0 Å². The lowest BCUT2D eigenvalue weighted by atomic mass is 9.96. The number of nitrogens with zero attached hydrogens (tertiary/aromatic N) is 6. The molecule has 6 nitrogen and oxygen atoms in total. The van der Waals surface area contributed by atoms with Crippen molar-refractivity contribution >= 4 is 87.0 Å². The van der Waals surface area contributed by atoms with Gasteiger partial charge in [-0.25, -0.2) is 9.97 Å². The van der Waals surface area contributed by atoms with Gasteiger partial charge in [-0.15, -0.1) is 0 Å². The van der Waals surface area contributed by atoms with E-state index in [4.69, 9.17) is 15.0 Å². The molecule has 0 amide bonds. The van der Waals surface area contributed by atoms with Crippen LogP contribution in [0.1, 0.15) is 5.56 Å². The molecular weight excluding hydrogens is 564 g/mol. The Hall–Kier alpha value is -6.58. The molecule has 0 atom stereocenters. The number of rotatable bonds is 2. The second kappa shape index (κ2) is 8.32. The number of pyridine rings is 3. The molecule has 0 unspecified atom stereocenters. The summed E-state index contributed by atoms with van der Waals surface area (Å²) in [7, 11) is 0. The van der Waals surface area contributed by atoms with E-state index in [0.717, 1.165) is 66.0 Å². The maximum Gasteiger partial charge on any atom is 0.147 e. The third-order valence-corrected chi connectivity index (χ3v) is 9.86. The van der Waals surface area contributed by atoms with Gasteiger partial charge in [0, 0.05) is 45.5 Å². The van der Waals surface area contributed by atoms with E-state index >= 15 is 0 Å². The zero-order chi connectivity index (χ0) is 30.1. The SMILES string of the molecule is N#Cc1c(-n2c3cccc4c5ccccc5c5cncc2c5c43)cccc1-n1c2nccc3c4ccccc4c4ccnc1c4c32. The van der Waals surface area contributed by atoms with Crippen LogP contribution in [0.15, 0.2) is 122 Å². The van der Waals surface area contributed by atoms with E-state index in [1.165, 1.54) is 32.3 Å². The highest BCUT2D eigenvalue weighted by molar-refractivity contribution is 6.35. The predicted octanol–water partition coefficient (Wildman–Crippen LogP) is 9.43. The summed E-state index contributed by atoms with van der Waals surface area (Å²) in [6.07, 6.45) is 7.61. The molecule has 0 aliphatic heterocycles. The summed E-state index contributed by atoms with van der Waals surface area (Å²) in [6, 6.07) is 36.3. The van der Waals surface area contributed by atoms with Crippen molar-refractivity contribution in [1.82, 2.24) is 24.1 Å². The first kappa shape index (κ1) is 23.8. The van der Waals surface area contributed by atoms with Gasteiger partial charge in [-0.3, -0.25) is 9.55 Å². The van der Waals surface area contributed by atoms with Crippen molar-refractivity contribution in [2.75, 3.05) is 0 Å². The molecule has 5 heterocycles. The van der Waals surface area contributed by atoms with Crippen LogP contribution >= 0.6 is 0 Å². The molecule has 0 fully saturated rings. The Bertz CT molecular complexity index is 2730. The lowest BCUT2D eigenvalue weighted by Crippen LogP contribution is -2.05. The normalized spacial score (nSPS) is 12.3. The molecule has 6 aromatic carbocycles. The minimum Gasteiger partial charge on any atom is -0.306 e. The van der Waals surface area contributed by atoms with Crippen molar-refractivity contribution in [2.24, 2.45) is 0 Å². The van der Waals surface area contributed by atoms with Gasteiger partial charge in [0.25, 0.3) is 0 Å². The maximum absolute atomic E-state index is 11.0. The molecule has 5 aromatic heterocycles. The van der Waals surface area contributed by atoms with Crippen LogP contribution < -0.4 is 0 Å². The van der Waals surface area contributed by atoms with Crippen LogP contribution in [0, 0.1) is 11.3 Å². The number of hydrogen-bond acceptors (Lipinski definition) is 4. The molecule has 0 N–H and O–H groups in total. The molecule has 0 bridgehead atoms. The molecule has 0 aliphatic rings. The van der Waals surface area contributed by atoms with E-state index in [2.05, 4.69) is 94.1 Å². The zero-order valence-electron chi connectivity index (χ0n) is 24.2. The average Bonchev–Trinajstić information content (AvgIpc) is 3.64. The largest absolute Gasteiger partial charge is 0.306 e. The van der Waals surface area contributed by atoms with Crippen LogP contribution in [0.25, 0.3) is 98.3 Å². The fourth-order valence-electron chi connectivity index (χ4n) is 8.12. The fourth-order valence-corrected chi connectivity index (χ4v) is 8.12. The lowest BCUT2D eigenvalue weighted by Gasteiger charge is -2.14. The van der Waals surface area contributed by atoms with Crippen molar-refractivity contribution in [1.29, 1.82) is 5.26 Å². The molecule has 11 rings (SSSR count). The van der Waals surface area contributed by atoms with Gasteiger partial charge in [-0.05, 0) is 68.0 Å². The molecule has 11 aromatic rings. The highest BCUT2D eigenvalue weighted by Gasteiger charge is 2.26. The van der Waals surface area contributed by atoms with E-state index < -0.39 is 0 Å². The van der Waals surface area contributed by atoms with Gasteiger partial charge in [0.05, 0.1) is 28.6 Å². The average molecular weight is 585 g/mol. The summed E-state index contributed by atoms with van der Waals surface area (Å²) in [4.78, 5) is 14.6. The number of benzene rings is 6. The minimum absolute atomic E-state index is 0.545. The first-order valence-corrected chi connectivity index (χ1v) is 15.3. The van der Waals surface area contributed by atoms with Crippen LogP contribution in [0.3, 0.4) is 0 Å². The summed E-state index contributed by atoms with van der Waals surface area (Å²) in [5.74, 6) is 0. The van der Waals surface area contributed by atoms with Crippen molar-refractivity contribution in [3.05, 3.63) is 127 Å². The Morgan fingerprint density at radius 2 is 0.978 bits per heavy atom. The lowest BCUT2D eigenvalue weighted by molar-refractivity contribution is 1.08.